The van der Waals surface area contributed by atoms with Crippen molar-refractivity contribution in [2.45, 2.75) is 180 Å². The highest BCUT2D eigenvalue weighted by Crippen LogP contribution is 2.22. The number of esters is 2. The number of hydrogen-bond donors (Lipinski definition) is 1. The number of likely N-dealkylation sites (N-methyl/N-ethyl adjacent to an activating group) is 1. The first-order valence-corrected chi connectivity index (χ1v) is 17.4. The number of hydrogen-bond acceptors (Lipinski definition) is 4. The summed E-state index contributed by atoms with van der Waals surface area (Å²) < 4.78 is 5.81. The first-order chi connectivity index (χ1) is 19.2. The van der Waals surface area contributed by atoms with Gasteiger partial charge in [0.1, 0.15) is 12.6 Å². The zero-order valence-electron chi connectivity index (χ0n) is 27.7. The zero-order chi connectivity index (χ0) is 29.9. The summed E-state index contributed by atoms with van der Waals surface area (Å²) in [4.78, 5) is 25.3. The van der Waals surface area contributed by atoms with Gasteiger partial charge in [0, 0.05) is 0 Å². The molecule has 0 saturated heterocycles. The van der Waals surface area contributed by atoms with Crippen LogP contribution in [-0.4, -0.2) is 55.3 Å². The highest BCUT2D eigenvalue weighted by molar-refractivity contribution is 5.86. The summed E-state index contributed by atoms with van der Waals surface area (Å²) in [5, 5.41) is 10.2. The van der Waals surface area contributed by atoms with Crippen LogP contribution in [0.5, 0.6) is 0 Å². The minimum atomic E-state index is -0.794. The second kappa shape index (κ2) is 26.9. The van der Waals surface area contributed by atoms with Gasteiger partial charge in [0.2, 0.25) is 0 Å². The van der Waals surface area contributed by atoms with Crippen molar-refractivity contribution in [3.05, 3.63) is 0 Å². The van der Waals surface area contributed by atoms with Crippen LogP contribution in [0.4, 0.5) is 0 Å². The van der Waals surface area contributed by atoms with Crippen molar-refractivity contribution in [2.75, 3.05) is 27.7 Å². The summed E-state index contributed by atoms with van der Waals surface area (Å²) in [6.07, 6.45) is 29.0. The number of aliphatic hydroxyl groups excluding tert-OH is 1. The molecule has 5 nitrogen and oxygen atoms in total. The molecular formula is C35H70NO4+. The quantitative estimate of drug-likeness (QED) is 0.0422. The van der Waals surface area contributed by atoms with E-state index < -0.39 is 12.1 Å². The van der Waals surface area contributed by atoms with Gasteiger partial charge in [-0.1, -0.05) is 155 Å². The van der Waals surface area contributed by atoms with E-state index in [4.69, 9.17) is 4.74 Å². The van der Waals surface area contributed by atoms with Crippen LogP contribution in [0.1, 0.15) is 174 Å². The predicted octanol–water partition coefficient (Wildman–Crippen LogP) is 9.53. The summed E-state index contributed by atoms with van der Waals surface area (Å²) in [5.41, 5.74) is 0. The topological polar surface area (TPSA) is 63.6 Å². The third-order valence-corrected chi connectivity index (χ3v) is 8.02. The van der Waals surface area contributed by atoms with Gasteiger partial charge in [0.15, 0.2) is 0 Å². The SMILES string of the molecule is CCCCCCCCCCCCCCC(CCCCCCCCCCCC)C(=O)OC(=O)CC(O)C[N+](C)(C)C. The van der Waals surface area contributed by atoms with Gasteiger partial charge in [-0.2, -0.15) is 0 Å². The fourth-order valence-electron chi connectivity index (χ4n) is 5.62. The molecule has 0 aromatic heterocycles. The number of quaternary nitrogens is 1. The lowest BCUT2D eigenvalue weighted by Crippen LogP contribution is -2.42. The molecule has 2 atom stereocenters. The normalized spacial score (nSPS) is 13.3. The van der Waals surface area contributed by atoms with Crippen molar-refractivity contribution < 1.29 is 23.9 Å². The highest BCUT2D eigenvalue weighted by atomic mass is 16.6. The number of aliphatic hydroxyl groups is 1. The molecule has 0 aliphatic heterocycles. The average Bonchev–Trinajstić information content (AvgIpc) is 2.87. The van der Waals surface area contributed by atoms with E-state index >= 15 is 0 Å². The van der Waals surface area contributed by atoms with Crippen LogP contribution in [0.25, 0.3) is 0 Å². The van der Waals surface area contributed by atoms with Crippen LogP contribution in [0.15, 0.2) is 0 Å². The molecule has 0 amide bonds. The highest BCUT2D eigenvalue weighted by Gasteiger charge is 2.25. The molecule has 0 rings (SSSR count). The van der Waals surface area contributed by atoms with E-state index in [1.165, 1.54) is 116 Å². The van der Waals surface area contributed by atoms with E-state index in [1.54, 1.807) is 0 Å². The third-order valence-electron chi connectivity index (χ3n) is 8.02. The molecule has 238 valence electrons. The Morgan fingerprint density at radius 3 is 1.23 bits per heavy atom. The molecule has 5 heteroatoms. The zero-order valence-corrected chi connectivity index (χ0v) is 27.7. The Morgan fingerprint density at radius 2 is 0.900 bits per heavy atom. The standard InChI is InChI=1S/C35H70NO4/c1-6-8-10-12-14-16-18-19-21-23-25-27-29-32(28-26-24-22-20-17-15-13-11-9-7-2)35(39)40-34(38)30-33(37)31-36(3,4)5/h32-33,37H,6-31H2,1-5H3/q+1. The lowest BCUT2D eigenvalue weighted by atomic mass is 9.94. The summed E-state index contributed by atoms with van der Waals surface area (Å²) in [7, 11) is 5.91. The van der Waals surface area contributed by atoms with Crippen LogP contribution < -0.4 is 0 Å². The van der Waals surface area contributed by atoms with Crippen molar-refractivity contribution in [2.24, 2.45) is 5.92 Å². The van der Waals surface area contributed by atoms with E-state index in [1.807, 2.05) is 21.1 Å². The Morgan fingerprint density at radius 1 is 0.575 bits per heavy atom. The molecule has 0 radical (unpaired) electrons. The fourth-order valence-corrected chi connectivity index (χ4v) is 5.62. The van der Waals surface area contributed by atoms with Crippen molar-refractivity contribution >= 4 is 11.9 Å². The van der Waals surface area contributed by atoms with Gasteiger partial charge in [-0.25, -0.2) is 0 Å². The Hall–Kier alpha value is -0.940. The maximum absolute atomic E-state index is 12.9. The number of nitrogens with zero attached hydrogens (tertiary/aromatic N) is 1. The summed E-state index contributed by atoms with van der Waals surface area (Å²) >= 11 is 0. The van der Waals surface area contributed by atoms with Gasteiger partial charge < -0.3 is 14.3 Å². The van der Waals surface area contributed by atoms with E-state index in [9.17, 15) is 14.7 Å². The second-order valence-electron chi connectivity index (χ2n) is 13.5. The van der Waals surface area contributed by atoms with Gasteiger partial charge in [0.25, 0.3) is 0 Å². The number of rotatable bonds is 29. The van der Waals surface area contributed by atoms with Crippen molar-refractivity contribution in [1.29, 1.82) is 0 Å². The third kappa shape index (κ3) is 27.2. The Balaban J connectivity index is 4.33. The molecule has 0 spiro atoms. The molecule has 0 heterocycles. The number of carbonyl (C=O) groups is 2. The summed E-state index contributed by atoms with van der Waals surface area (Å²) in [6.45, 7) is 4.97. The molecule has 1 N–H and O–H groups in total. The van der Waals surface area contributed by atoms with Crippen molar-refractivity contribution in [1.82, 2.24) is 0 Å². The van der Waals surface area contributed by atoms with E-state index in [0.29, 0.717) is 11.0 Å². The number of unbranched alkanes of at least 4 members (excludes halogenated alkanes) is 20. The van der Waals surface area contributed by atoms with Gasteiger partial charge in [-0.3, -0.25) is 9.59 Å². The number of ether oxygens (including phenoxy) is 1. The molecule has 0 aliphatic carbocycles. The summed E-state index contributed by atoms with van der Waals surface area (Å²) in [5.74, 6) is -1.16. The second-order valence-corrected chi connectivity index (χ2v) is 13.5. The lowest BCUT2D eigenvalue weighted by molar-refractivity contribution is -0.873. The first kappa shape index (κ1) is 39.1. The smallest absolute Gasteiger partial charge is 0.316 e. The van der Waals surface area contributed by atoms with Gasteiger partial charge >= 0.3 is 11.9 Å². The Bertz CT molecular complexity index is 586. The Labute approximate surface area is 249 Å². The fraction of sp³-hybridized carbons (Fsp3) is 0.943. The lowest BCUT2D eigenvalue weighted by Gasteiger charge is -2.26. The molecular weight excluding hydrogens is 498 g/mol. The van der Waals surface area contributed by atoms with Crippen molar-refractivity contribution in [3.8, 4) is 0 Å². The molecule has 0 aromatic carbocycles. The van der Waals surface area contributed by atoms with Crippen molar-refractivity contribution in [3.63, 3.8) is 0 Å². The maximum atomic E-state index is 12.9. The monoisotopic (exact) mass is 569 g/mol. The Kier molecular flexibility index (Phi) is 26.3. The van der Waals surface area contributed by atoms with Crippen LogP contribution in [-0.2, 0) is 14.3 Å². The average molecular weight is 569 g/mol. The van der Waals surface area contributed by atoms with Crippen LogP contribution in [0.3, 0.4) is 0 Å². The molecule has 2 unspecified atom stereocenters. The van der Waals surface area contributed by atoms with Gasteiger partial charge in [-0.15, -0.1) is 0 Å². The molecule has 40 heavy (non-hydrogen) atoms. The molecule has 0 aliphatic rings. The minimum absolute atomic E-state index is 0.120. The van der Waals surface area contributed by atoms with Crippen LogP contribution in [0.2, 0.25) is 0 Å². The molecule has 0 saturated carbocycles. The minimum Gasteiger partial charge on any atom is -0.393 e. The molecule has 0 bridgehead atoms. The van der Waals surface area contributed by atoms with Crippen LogP contribution >= 0.6 is 0 Å². The largest absolute Gasteiger partial charge is 0.393 e. The van der Waals surface area contributed by atoms with Gasteiger partial charge in [0.05, 0.1) is 33.5 Å². The summed E-state index contributed by atoms with van der Waals surface area (Å²) in [6, 6.07) is 0. The van der Waals surface area contributed by atoms with E-state index in [2.05, 4.69) is 13.8 Å². The predicted molar refractivity (Wildman–Crippen MR) is 170 cm³/mol. The molecule has 0 fully saturated rings. The van der Waals surface area contributed by atoms with E-state index in [0.717, 1.165) is 38.5 Å². The molecule has 0 aromatic rings. The maximum Gasteiger partial charge on any atom is 0.316 e. The number of carbonyl (C=O) groups excluding carboxylic acids is 2. The van der Waals surface area contributed by atoms with E-state index in [-0.39, 0.29) is 18.3 Å². The van der Waals surface area contributed by atoms with Crippen LogP contribution in [0, 0.1) is 5.92 Å². The first-order valence-electron chi connectivity index (χ1n) is 17.4. The van der Waals surface area contributed by atoms with Gasteiger partial charge in [-0.05, 0) is 12.8 Å².